The highest BCUT2D eigenvalue weighted by molar-refractivity contribution is 6.74. The van der Waals surface area contributed by atoms with E-state index < -0.39 is 34.8 Å². The summed E-state index contributed by atoms with van der Waals surface area (Å²) in [6.45, 7) is 24.9. The molecule has 0 N–H and O–H groups in total. The van der Waals surface area contributed by atoms with Gasteiger partial charge >= 0.3 is 5.97 Å². The molecule has 1 aromatic rings. The minimum absolute atomic E-state index is 0.0256. The number of benzene rings is 1. The number of hydrogen-bond acceptors (Lipinski definition) is 5. The van der Waals surface area contributed by atoms with Gasteiger partial charge in [0.2, 0.25) is 0 Å². The van der Waals surface area contributed by atoms with Crippen molar-refractivity contribution in [2.45, 2.75) is 129 Å². The molecular weight excluding hydrogens is 521 g/mol. The van der Waals surface area contributed by atoms with E-state index >= 15 is 0 Å². The summed E-state index contributed by atoms with van der Waals surface area (Å²) in [5.41, 5.74) is 1.04. The molecule has 0 aliphatic heterocycles. The molecule has 0 unspecified atom stereocenters. The fraction of sp³-hybridized carbons (Fsp3) is 0.656. The third-order valence-corrected chi connectivity index (χ3v) is 16.8. The fourth-order valence-corrected chi connectivity index (χ4v) is 5.61. The molecule has 0 amide bonds. The molecule has 0 radical (unpaired) electrons. The van der Waals surface area contributed by atoms with Gasteiger partial charge in [-0.1, -0.05) is 103 Å². The molecule has 39 heavy (non-hydrogen) atoms. The average Bonchev–Trinajstić information content (AvgIpc) is 2.83. The number of rotatable bonds is 13. The first-order valence-electron chi connectivity index (χ1n) is 14.2. The Labute approximate surface area is 241 Å². The molecule has 220 valence electrons. The van der Waals surface area contributed by atoms with Gasteiger partial charge in [0.05, 0.1) is 13.7 Å². The lowest BCUT2D eigenvalue weighted by Gasteiger charge is -2.39. The Kier molecular flexibility index (Phi) is 13.9. The summed E-state index contributed by atoms with van der Waals surface area (Å²) < 4.78 is 24.9. The number of methoxy groups -OCH3 is 1. The van der Waals surface area contributed by atoms with Gasteiger partial charge in [-0.15, -0.1) is 0 Å². The zero-order valence-electron chi connectivity index (χ0n) is 26.6. The highest BCUT2D eigenvalue weighted by Crippen LogP contribution is 2.39. The van der Waals surface area contributed by atoms with Crippen molar-refractivity contribution < 1.29 is 23.1 Å². The van der Waals surface area contributed by atoms with E-state index in [2.05, 4.69) is 86.5 Å². The number of hydrogen-bond donors (Lipinski definition) is 0. The molecule has 0 heterocycles. The second kappa shape index (κ2) is 15.3. The van der Waals surface area contributed by atoms with Crippen molar-refractivity contribution in [2.75, 3.05) is 7.11 Å². The summed E-state index contributed by atoms with van der Waals surface area (Å²) in [5.74, 6) is 6.47. The summed E-state index contributed by atoms with van der Waals surface area (Å²) in [6, 6.07) is 9.98. The van der Waals surface area contributed by atoms with E-state index in [1.54, 1.807) is 6.08 Å². The maximum absolute atomic E-state index is 12.0. The van der Waals surface area contributed by atoms with E-state index in [4.69, 9.17) is 18.3 Å². The van der Waals surface area contributed by atoms with Gasteiger partial charge in [0.25, 0.3) is 0 Å². The minimum atomic E-state index is -2.24. The largest absolute Gasteiger partial charge is 0.466 e. The van der Waals surface area contributed by atoms with E-state index in [0.717, 1.165) is 24.8 Å². The Morgan fingerprint density at radius 2 is 1.49 bits per heavy atom. The van der Waals surface area contributed by atoms with Crippen molar-refractivity contribution >= 4 is 22.6 Å². The van der Waals surface area contributed by atoms with Crippen molar-refractivity contribution in [2.24, 2.45) is 0 Å². The van der Waals surface area contributed by atoms with E-state index in [0.29, 0.717) is 6.61 Å². The zero-order valence-corrected chi connectivity index (χ0v) is 28.6. The third kappa shape index (κ3) is 12.1. The third-order valence-electron chi connectivity index (χ3n) is 7.88. The second-order valence-corrected chi connectivity index (χ2v) is 22.8. The highest BCUT2D eigenvalue weighted by atomic mass is 28.4. The zero-order chi connectivity index (χ0) is 29.9. The Hall–Kier alpha value is -1.70. The van der Waals surface area contributed by atoms with Crippen LogP contribution >= 0.6 is 0 Å². The van der Waals surface area contributed by atoms with Gasteiger partial charge in [0.1, 0.15) is 18.3 Å². The Balaban J connectivity index is 3.51. The van der Waals surface area contributed by atoms with E-state index in [9.17, 15) is 4.79 Å². The smallest absolute Gasteiger partial charge is 0.330 e. The number of ether oxygens (including phenoxy) is 2. The van der Waals surface area contributed by atoms with Gasteiger partial charge in [-0.2, -0.15) is 0 Å². The van der Waals surface area contributed by atoms with Crippen LogP contribution in [0.3, 0.4) is 0 Å². The van der Waals surface area contributed by atoms with Gasteiger partial charge in [0.15, 0.2) is 16.6 Å². The molecule has 1 aromatic carbocycles. The molecule has 0 fully saturated rings. The van der Waals surface area contributed by atoms with Crippen molar-refractivity contribution in [3.05, 3.63) is 48.0 Å². The van der Waals surface area contributed by atoms with Gasteiger partial charge in [0, 0.05) is 6.08 Å². The molecule has 0 aliphatic carbocycles. The summed E-state index contributed by atoms with van der Waals surface area (Å²) in [6.07, 6.45) is 4.79. The molecule has 0 aromatic heterocycles. The van der Waals surface area contributed by atoms with E-state index in [1.807, 2.05) is 30.3 Å². The predicted octanol–water partition coefficient (Wildman–Crippen LogP) is 8.28. The van der Waals surface area contributed by atoms with Crippen LogP contribution in [0.5, 0.6) is 0 Å². The Morgan fingerprint density at radius 3 is 2.00 bits per heavy atom. The quantitative estimate of drug-likeness (QED) is 0.103. The number of esters is 1. The summed E-state index contributed by atoms with van der Waals surface area (Å²) in [4.78, 5) is 12.0. The first-order valence-corrected chi connectivity index (χ1v) is 20.0. The Bertz CT molecular complexity index is 962. The highest BCUT2D eigenvalue weighted by Gasteiger charge is 2.41. The summed E-state index contributed by atoms with van der Waals surface area (Å²) in [5, 5.41) is 0.0585. The standard InChI is InChI=1S/C32H54O5Si2/c1-13-14-20-27(36-38(9,10)31(2,3)4)21-22-29(37-39(11,12)32(5,6)7)28(23-24-30(33)34-8)35-25-26-18-16-15-17-19-26/h15-19,23-24,27-29H,13-14,20,25H2,1-12H3/b24-23-/t27-,28-,29-/m0/s1. The normalized spacial score (nSPS) is 15.4. The van der Waals surface area contributed by atoms with Crippen LogP contribution in [-0.2, 0) is 29.7 Å². The molecule has 0 spiro atoms. The fourth-order valence-electron chi connectivity index (χ4n) is 3.18. The summed E-state index contributed by atoms with van der Waals surface area (Å²) in [7, 11) is -2.90. The van der Waals surface area contributed by atoms with E-state index in [1.165, 1.54) is 13.2 Å². The molecule has 0 aliphatic rings. The molecule has 7 heteroatoms. The monoisotopic (exact) mass is 574 g/mol. The minimum Gasteiger partial charge on any atom is -0.466 e. The SMILES string of the molecule is CCCC[C@@H](C#C[C@H](O[Si](C)(C)C(C)(C)C)[C@H](/C=C\C(=O)OC)OCc1ccccc1)O[Si](C)(C)C(C)(C)C. The van der Waals surface area contributed by atoms with Crippen molar-refractivity contribution in [3.63, 3.8) is 0 Å². The van der Waals surface area contributed by atoms with Crippen LogP contribution in [0.2, 0.25) is 36.3 Å². The van der Waals surface area contributed by atoms with Crippen LogP contribution < -0.4 is 0 Å². The van der Waals surface area contributed by atoms with E-state index in [-0.39, 0.29) is 16.2 Å². The molecule has 0 saturated heterocycles. The topological polar surface area (TPSA) is 54.0 Å². The molecule has 1 rings (SSSR count). The lowest BCUT2D eigenvalue weighted by Crippen LogP contribution is -2.47. The van der Waals surface area contributed by atoms with Crippen molar-refractivity contribution in [1.29, 1.82) is 0 Å². The van der Waals surface area contributed by atoms with Crippen LogP contribution in [0, 0.1) is 11.8 Å². The van der Waals surface area contributed by atoms with Crippen molar-refractivity contribution in [1.82, 2.24) is 0 Å². The van der Waals surface area contributed by atoms with Crippen LogP contribution in [0.25, 0.3) is 0 Å². The molecule has 3 atom stereocenters. The Morgan fingerprint density at radius 1 is 0.923 bits per heavy atom. The molecular formula is C32H54O5Si2. The van der Waals surface area contributed by atoms with Crippen LogP contribution in [0.1, 0.15) is 73.3 Å². The first kappa shape index (κ1) is 35.3. The maximum atomic E-state index is 12.0. The van der Waals surface area contributed by atoms with Crippen LogP contribution in [-0.4, -0.2) is 48.0 Å². The second-order valence-electron chi connectivity index (χ2n) is 13.2. The summed E-state index contributed by atoms with van der Waals surface area (Å²) >= 11 is 0. The number of unbranched alkanes of at least 4 members (excludes halogenated alkanes) is 1. The lowest BCUT2D eigenvalue weighted by atomic mass is 10.1. The maximum Gasteiger partial charge on any atom is 0.330 e. The first-order chi connectivity index (χ1) is 17.9. The van der Waals surface area contributed by atoms with Gasteiger partial charge in [-0.3, -0.25) is 0 Å². The average molecular weight is 575 g/mol. The predicted molar refractivity (Wildman–Crippen MR) is 168 cm³/mol. The van der Waals surface area contributed by atoms with Gasteiger partial charge in [-0.25, -0.2) is 4.79 Å². The molecule has 5 nitrogen and oxygen atoms in total. The molecule has 0 bridgehead atoms. The number of carbonyl (C=O) groups is 1. The van der Waals surface area contributed by atoms with Gasteiger partial charge < -0.3 is 18.3 Å². The van der Waals surface area contributed by atoms with Crippen LogP contribution in [0.15, 0.2) is 42.5 Å². The van der Waals surface area contributed by atoms with Crippen LogP contribution in [0.4, 0.5) is 0 Å². The lowest BCUT2D eigenvalue weighted by molar-refractivity contribution is -0.134. The van der Waals surface area contributed by atoms with Gasteiger partial charge in [-0.05, 0) is 54.3 Å². The van der Waals surface area contributed by atoms with Crippen molar-refractivity contribution in [3.8, 4) is 11.8 Å². The number of carbonyl (C=O) groups excluding carboxylic acids is 1. The molecule has 0 saturated carbocycles.